The molecule has 0 unspecified atom stereocenters. The number of piperidine rings is 1. The number of nitrogens with one attached hydrogen (secondary N) is 1. The highest BCUT2D eigenvalue weighted by Crippen LogP contribution is 2.26. The first-order valence-corrected chi connectivity index (χ1v) is 10.2. The monoisotopic (exact) mass is 395 g/mol. The van der Waals surface area contributed by atoms with Crippen molar-refractivity contribution in [1.29, 1.82) is 0 Å². The molecule has 28 heavy (non-hydrogen) atoms. The number of rotatable bonds is 4. The van der Waals surface area contributed by atoms with E-state index in [0.29, 0.717) is 33.6 Å². The van der Waals surface area contributed by atoms with Crippen LogP contribution in [0.15, 0.2) is 52.5 Å². The first-order valence-electron chi connectivity index (χ1n) is 9.31. The summed E-state index contributed by atoms with van der Waals surface area (Å²) in [5.74, 6) is 0.880. The second-order valence-electron chi connectivity index (χ2n) is 6.99. The van der Waals surface area contributed by atoms with E-state index in [0.717, 1.165) is 25.9 Å². The molecule has 144 valence electrons. The van der Waals surface area contributed by atoms with E-state index < -0.39 is 0 Å². The van der Waals surface area contributed by atoms with E-state index in [1.54, 1.807) is 42.0 Å². The fraction of sp³-hybridized carbons (Fsp3) is 0.286. The van der Waals surface area contributed by atoms with Crippen LogP contribution >= 0.6 is 11.3 Å². The van der Waals surface area contributed by atoms with Crippen LogP contribution in [0.1, 0.15) is 40.6 Å². The maximum Gasteiger partial charge on any atom is 0.275 e. The summed E-state index contributed by atoms with van der Waals surface area (Å²) >= 11 is 1.34. The van der Waals surface area contributed by atoms with Crippen LogP contribution in [0.4, 0.5) is 5.69 Å². The molecule has 0 bridgehead atoms. The average Bonchev–Trinajstić information content (AvgIpc) is 3.40. The van der Waals surface area contributed by atoms with Crippen molar-refractivity contribution >= 4 is 28.8 Å². The molecule has 0 saturated carbocycles. The Morgan fingerprint density at radius 3 is 2.71 bits per heavy atom. The molecule has 1 fully saturated rings. The highest BCUT2D eigenvalue weighted by molar-refractivity contribution is 7.13. The maximum absolute atomic E-state index is 13.0. The van der Waals surface area contributed by atoms with Gasteiger partial charge in [-0.15, -0.1) is 11.3 Å². The Labute approximate surface area is 167 Å². The molecule has 2 aromatic heterocycles. The first-order chi connectivity index (χ1) is 13.6. The minimum Gasteiger partial charge on any atom is -0.462 e. The third-order valence-electron chi connectivity index (χ3n) is 4.95. The van der Waals surface area contributed by atoms with Crippen LogP contribution in [0.25, 0.3) is 10.8 Å². The molecule has 1 N–H and O–H groups in total. The van der Waals surface area contributed by atoms with Crippen LogP contribution in [-0.4, -0.2) is 34.8 Å². The highest BCUT2D eigenvalue weighted by atomic mass is 32.1. The second kappa shape index (κ2) is 7.98. The molecule has 0 aliphatic carbocycles. The number of amides is 2. The Kier molecular flexibility index (Phi) is 5.25. The van der Waals surface area contributed by atoms with Crippen molar-refractivity contribution in [1.82, 2.24) is 9.88 Å². The largest absolute Gasteiger partial charge is 0.462 e. The fourth-order valence-electron chi connectivity index (χ4n) is 3.24. The summed E-state index contributed by atoms with van der Waals surface area (Å²) in [6, 6.07) is 10.7. The molecule has 1 aliphatic heterocycles. The Bertz CT molecular complexity index is 972. The van der Waals surface area contributed by atoms with Crippen molar-refractivity contribution in [3.8, 4) is 10.8 Å². The lowest BCUT2D eigenvalue weighted by molar-refractivity contribution is 0.0698. The molecule has 3 aromatic rings. The number of thiazole rings is 1. The van der Waals surface area contributed by atoms with E-state index in [2.05, 4.69) is 17.2 Å². The van der Waals surface area contributed by atoms with Gasteiger partial charge in [0.1, 0.15) is 5.69 Å². The number of anilines is 1. The van der Waals surface area contributed by atoms with E-state index in [-0.39, 0.29) is 11.8 Å². The Morgan fingerprint density at radius 1 is 1.18 bits per heavy atom. The highest BCUT2D eigenvalue weighted by Gasteiger charge is 2.24. The topological polar surface area (TPSA) is 75.4 Å². The molecule has 6 nitrogen and oxygen atoms in total. The van der Waals surface area contributed by atoms with Gasteiger partial charge < -0.3 is 14.6 Å². The Hall–Kier alpha value is -2.93. The van der Waals surface area contributed by atoms with Gasteiger partial charge in [-0.2, -0.15) is 0 Å². The number of hydrogen-bond donors (Lipinski definition) is 1. The van der Waals surface area contributed by atoms with Gasteiger partial charge in [0.2, 0.25) is 0 Å². The normalized spacial score (nSPS) is 14.8. The standard InChI is InChI=1S/C21H21N3O3S/c1-14-8-10-24(11-9-14)21(26)15-5-2-3-6-16(15)22-19(25)17-13-28-20(23-17)18-7-4-12-27-18/h2-7,12-14H,8-11H2,1H3,(H,22,25). The van der Waals surface area contributed by atoms with Crippen LogP contribution in [0, 0.1) is 5.92 Å². The number of likely N-dealkylation sites (tertiary alicyclic amines) is 1. The van der Waals surface area contributed by atoms with Gasteiger partial charge in [-0.25, -0.2) is 4.98 Å². The SMILES string of the molecule is CC1CCN(C(=O)c2ccccc2NC(=O)c2csc(-c3ccco3)n2)CC1. The van der Waals surface area contributed by atoms with Crippen molar-refractivity contribution < 1.29 is 14.0 Å². The molecule has 7 heteroatoms. The first kappa shape index (κ1) is 18.4. The number of hydrogen-bond acceptors (Lipinski definition) is 5. The fourth-order valence-corrected chi connectivity index (χ4v) is 4.00. The third-order valence-corrected chi connectivity index (χ3v) is 5.80. The summed E-state index contributed by atoms with van der Waals surface area (Å²) in [5.41, 5.74) is 1.31. The molecule has 2 amide bonds. The zero-order chi connectivity index (χ0) is 19.5. The predicted octanol–water partition coefficient (Wildman–Crippen LogP) is 4.53. The zero-order valence-corrected chi connectivity index (χ0v) is 16.4. The van der Waals surface area contributed by atoms with Gasteiger partial charge in [-0.1, -0.05) is 19.1 Å². The van der Waals surface area contributed by atoms with Gasteiger partial charge in [-0.3, -0.25) is 9.59 Å². The maximum atomic E-state index is 13.0. The molecular weight excluding hydrogens is 374 g/mol. The van der Waals surface area contributed by atoms with E-state index in [1.165, 1.54) is 11.3 Å². The zero-order valence-electron chi connectivity index (χ0n) is 15.6. The van der Waals surface area contributed by atoms with Gasteiger partial charge >= 0.3 is 0 Å². The molecule has 4 rings (SSSR count). The van der Waals surface area contributed by atoms with Crippen LogP contribution in [0.5, 0.6) is 0 Å². The molecule has 1 saturated heterocycles. The lowest BCUT2D eigenvalue weighted by Crippen LogP contribution is -2.38. The second-order valence-corrected chi connectivity index (χ2v) is 7.85. The molecule has 1 aromatic carbocycles. The quantitative estimate of drug-likeness (QED) is 0.704. The van der Waals surface area contributed by atoms with E-state index in [1.807, 2.05) is 11.0 Å². The number of carbonyl (C=O) groups excluding carboxylic acids is 2. The summed E-state index contributed by atoms with van der Waals surface area (Å²) in [7, 11) is 0. The molecule has 0 atom stereocenters. The van der Waals surface area contributed by atoms with Crippen LogP contribution < -0.4 is 5.32 Å². The van der Waals surface area contributed by atoms with Gasteiger partial charge in [0.25, 0.3) is 11.8 Å². The minimum atomic E-state index is -0.346. The third kappa shape index (κ3) is 3.84. The Balaban J connectivity index is 1.51. The summed E-state index contributed by atoms with van der Waals surface area (Å²) < 4.78 is 5.32. The van der Waals surface area contributed by atoms with E-state index >= 15 is 0 Å². The summed E-state index contributed by atoms with van der Waals surface area (Å²) in [6.07, 6.45) is 3.59. The van der Waals surface area contributed by atoms with Crippen molar-refractivity contribution in [2.24, 2.45) is 5.92 Å². The van der Waals surface area contributed by atoms with Crippen LogP contribution in [0.3, 0.4) is 0 Å². The summed E-state index contributed by atoms with van der Waals surface area (Å²) in [6.45, 7) is 3.71. The van der Waals surface area contributed by atoms with Gasteiger partial charge in [0.05, 0.1) is 17.5 Å². The number of nitrogens with zero attached hydrogens (tertiary/aromatic N) is 2. The Morgan fingerprint density at radius 2 is 1.96 bits per heavy atom. The number of carbonyl (C=O) groups is 2. The number of para-hydroxylation sites is 1. The van der Waals surface area contributed by atoms with Gasteiger partial charge in [0.15, 0.2) is 10.8 Å². The van der Waals surface area contributed by atoms with E-state index in [4.69, 9.17) is 4.42 Å². The van der Waals surface area contributed by atoms with Gasteiger partial charge in [0, 0.05) is 18.5 Å². The lowest BCUT2D eigenvalue weighted by Gasteiger charge is -2.30. The minimum absolute atomic E-state index is 0.0441. The number of benzene rings is 1. The van der Waals surface area contributed by atoms with Gasteiger partial charge in [-0.05, 0) is 43.0 Å². The molecule has 0 spiro atoms. The molecular formula is C21H21N3O3S. The van der Waals surface area contributed by atoms with E-state index in [9.17, 15) is 9.59 Å². The van der Waals surface area contributed by atoms with Crippen molar-refractivity contribution in [2.75, 3.05) is 18.4 Å². The summed E-state index contributed by atoms with van der Waals surface area (Å²) in [5, 5.41) is 5.17. The molecule has 0 radical (unpaired) electrons. The lowest BCUT2D eigenvalue weighted by atomic mass is 9.98. The number of aromatic nitrogens is 1. The van der Waals surface area contributed by atoms with Crippen LogP contribution in [0.2, 0.25) is 0 Å². The molecule has 1 aliphatic rings. The molecule has 3 heterocycles. The smallest absolute Gasteiger partial charge is 0.275 e. The van der Waals surface area contributed by atoms with Crippen molar-refractivity contribution in [2.45, 2.75) is 19.8 Å². The number of furan rings is 1. The van der Waals surface area contributed by atoms with Crippen LogP contribution in [-0.2, 0) is 0 Å². The predicted molar refractivity (Wildman–Crippen MR) is 109 cm³/mol. The van der Waals surface area contributed by atoms with Crippen molar-refractivity contribution in [3.63, 3.8) is 0 Å². The summed E-state index contributed by atoms with van der Waals surface area (Å²) in [4.78, 5) is 31.8. The van der Waals surface area contributed by atoms with Crippen molar-refractivity contribution in [3.05, 3.63) is 59.3 Å². The average molecular weight is 395 g/mol.